The van der Waals surface area contributed by atoms with Crippen molar-refractivity contribution in [2.45, 2.75) is 192 Å². The van der Waals surface area contributed by atoms with Crippen molar-refractivity contribution in [3.05, 3.63) is 109 Å². The van der Waals surface area contributed by atoms with E-state index in [9.17, 15) is 33.1 Å². The van der Waals surface area contributed by atoms with Crippen molar-refractivity contribution < 1.29 is 56.2 Å². The molecule has 1 rings (SSSR count). The Labute approximate surface area is 398 Å². The number of hydrogen-bond donors (Lipinski definition) is 4. The van der Waals surface area contributed by atoms with E-state index in [2.05, 4.69) is 127 Å². The predicted molar refractivity (Wildman–Crippen MR) is 266 cm³/mol. The Morgan fingerprint density at radius 1 is 0.591 bits per heavy atom. The van der Waals surface area contributed by atoms with Crippen molar-refractivity contribution in [1.82, 2.24) is 0 Å². The van der Waals surface area contributed by atoms with Crippen LogP contribution >= 0.6 is 0 Å². The summed E-state index contributed by atoms with van der Waals surface area (Å²) in [6.07, 6.45) is 51.2. The molecule has 0 aliphatic carbocycles. The van der Waals surface area contributed by atoms with Gasteiger partial charge < -0.3 is 34.3 Å². The molecule has 4 N–H and O–H groups in total. The average Bonchev–Trinajstić information content (AvgIpc) is 3.29. The fourth-order valence-electron chi connectivity index (χ4n) is 6.68. The van der Waals surface area contributed by atoms with Gasteiger partial charge >= 0.3 is 16.4 Å². The molecule has 1 saturated heterocycles. The first-order chi connectivity index (χ1) is 32.1. The number of aliphatic hydroxyl groups is 3. The molecule has 13 heteroatoms. The van der Waals surface area contributed by atoms with Crippen molar-refractivity contribution in [3.8, 4) is 0 Å². The van der Waals surface area contributed by atoms with Crippen LogP contribution in [0.15, 0.2) is 109 Å². The van der Waals surface area contributed by atoms with Crippen molar-refractivity contribution >= 4 is 16.4 Å². The van der Waals surface area contributed by atoms with Crippen LogP contribution in [0.25, 0.3) is 0 Å². The Kier molecular flexibility index (Phi) is 39.7. The molecule has 66 heavy (non-hydrogen) atoms. The maximum atomic E-state index is 12.9. The number of ether oxygens (including phenoxy) is 4. The quantitative estimate of drug-likeness (QED) is 0.0198. The fraction of sp³-hybridized carbons (Fsp3) is 0.642. The van der Waals surface area contributed by atoms with E-state index in [-0.39, 0.29) is 19.6 Å². The monoisotopic (exact) mass is 947 g/mol. The highest BCUT2D eigenvalue weighted by atomic mass is 32.3. The SMILES string of the molecule is CC/C=C\C/C=C\C/C=C\C/C=C\C/C=C\C/C=C\C/C=C\CCCCOCC(COC1OC(CO)C(O)C(OS(=O)(=O)O)C1O)OC(=O)CCCCCCC/C=C\C/C=C\CCCCC. The summed E-state index contributed by atoms with van der Waals surface area (Å²) in [5.74, 6) is -0.434. The molecule has 12 nitrogen and oxygen atoms in total. The summed E-state index contributed by atoms with van der Waals surface area (Å²) in [4.78, 5) is 12.9. The molecule has 0 aromatic heterocycles. The topological polar surface area (TPSA) is 178 Å². The zero-order valence-electron chi connectivity index (χ0n) is 40.2. The van der Waals surface area contributed by atoms with Crippen molar-refractivity contribution in [1.29, 1.82) is 0 Å². The molecular formula is C53H86O12S. The van der Waals surface area contributed by atoms with Crippen molar-refractivity contribution in [3.63, 3.8) is 0 Å². The molecule has 6 unspecified atom stereocenters. The van der Waals surface area contributed by atoms with E-state index in [1.165, 1.54) is 19.3 Å². The number of hydrogen-bond acceptors (Lipinski definition) is 11. The van der Waals surface area contributed by atoms with Gasteiger partial charge in [-0.25, -0.2) is 4.18 Å². The second kappa shape index (κ2) is 43.1. The summed E-state index contributed by atoms with van der Waals surface area (Å²) in [6.45, 7) is 3.69. The molecule has 6 atom stereocenters. The van der Waals surface area contributed by atoms with Crippen molar-refractivity contribution in [2.24, 2.45) is 0 Å². The normalized spacial score (nSPS) is 20.5. The summed E-state index contributed by atoms with van der Waals surface area (Å²) >= 11 is 0. The highest BCUT2D eigenvalue weighted by Gasteiger charge is 2.48. The lowest BCUT2D eigenvalue weighted by Crippen LogP contribution is -2.60. The van der Waals surface area contributed by atoms with Gasteiger partial charge in [0, 0.05) is 13.0 Å². The third-order valence-corrected chi connectivity index (χ3v) is 10.8. The Hall–Kier alpha value is -3.24. The van der Waals surface area contributed by atoms with Crippen LogP contribution in [0.4, 0.5) is 0 Å². The Morgan fingerprint density at radius 3 is 1.53 bits per heavy atom. The summed E-state index contributed by atoms with van der Waals surface area (Å²) in [5.41, 5.74) is 0. The second-order valence-corrected chi connectivity index (χ2v) is 17.4. The van der Waals surface area contributed by atoms with Gasteiger partial charge in [-0.15, -0.1) is 0 Å². The second-order valence-electron chi connectivity index (χ2n) is 16.3. The van der Waals surface area contributed by atoms with E-state index >= 15 is 0 Å². The molecular weight excluding hydrogens is 861 g/mol. The maximum absolute atomic E-state index is 12.9. The van der Waals surface area contributed by atoms with E-state index in [0.29, 0.717) is 13.0 Å². The molecule has 1 aliphatic heterocycles. The summed E-state index contributed by atoms with van der Waals surface area (Å²) in [7, 11) is -5.08. The molecule has 1 aliphatic rings. The van der Waals surface area contributed by atoms with Gasteiger partial charge in [0.2, 0.25) is 0 Å². The molecule has 0 amide bonds. The Morgan fingerprint density at radius 2 is 1.05 bits per heavy atom. The van der Waals surface area contributed by atoms with E-state index < -0.39 is 59.8 Å². The van der Waals surface area contributed by atoms with Crippen LogP contribution < -0.4 is 0 Å². The van der Waals surface area contributed by atoms with Crippen LogP contribution in [-0.4, -0.2) is 97.5 Å². The number of carbonyl (C=O) groups is 1. The minimum Gasteiger partial charge on any atom is -0.457 e. The van der Waals surface area contributed by atoms with E-state index in [1.54, 1.807) is 0 Å². The third-order valence-electron chi connectivity index (χ3n) is 10.4. The Balaban J connectivity index is 2.44. The molecule has 0 spiro atoms. The minimum absolute atomic E-state index is 0.00769. The van der Waals surface area contributed by atoms with Crippen LogP contribution in [0.1, 0.15) is 155 Å². The first-order valence-electron chi connectivity index (χ1n) is 24.6. The van der Waals surface area contributed by atoms with E-state index in [1.807, 2.05) is 0 Å². The number of unbranched alkanes of at least 4 members (excludes halogenated alkanes) is 10. The minimum atomic E-state index is -5.08. The lowest BCUT2D eigenvalue weighted by atomic mass is 9.99. The zero-order chi connectivity index (χ0) is 48.2. The van der Waals surface area contributed by atoms with Crippen LogP contribution in [0, 0.1) is 0 Å². The molecule has 0 aromatic carbocycles. The molecule has 1 heterocycles. The van der Waals surface area contributed by atoms with Crippen LogP contribution in [0.5, 0.6) is 0 Å². The van der Waals surface area contributed by atoms with Crippen LogP contribution in [0.3, 0.4) is 0 Å². The van der Waals surface area contributed by atoms with Gasteiger partial charge in [0.1, 0.15) is 30.5 Å². The third kappa shape index (κ3) is 35.9. The number of aliphatic hydroxyl groups excluding tert-OH is 3. The summed E-state index contributed by atoms with van der Waals surface area (Å²) < 4.78 is 59.1. The molecule has 0 bridgehead atoms. The molecule has 0 aromatic rings. The number of rotatable bonds is 41. The molecule has 376 valence electrons. The molecule has 0 saturated carbocycles. The largest absolute Gasteiger partial charge is 0.457 e. The maximum Gasteiger partial charge on any atom is 0.397 e. The molecule has 1 fully saturated rings. The van der Waals surface area contributed by atoms with Gasteiger partial charge in [0.05, 0.1) is 19.8 Å². The highest BCUT2D eigenvalue weighted by Crippen LogP contribution is 2.26. The van der Waals surface area contributed by atoms with Gasteiger partial charge in [-0.1, -0.05) is 155 Å². The fourth-order valence-corrected chi connectivity index (χ4v) is 7.19. The smallest absolute Gasteiger partial charge is 0.397 e. The molecule has 0 radical (unpaired) electrons. The van der Waals surface area contributed by atoms with E-state index in [4.69, 9.17) is 18.9 Å². The number of carbonyl (C=O) groups excluding carboxylic acids is 1. The highest BCUT2D eigenvalue weighted by molar-refractivity contribution is 7.80. The van der Waals surface area contributed by atoms with Gasteiger partial charge in [0.25, 0.3) is 0 Å². The first-order valence-corrected chi connectivity index (χ1v) is 26.0. The van der Waals surface area contributed by atoms with Gasteiger partial charge in [-0.2, -0.15) is 8.42 Å². The lowest BCUT2D eigenvalue weighted by Gasteiger charge is -2.41. The van der Waals surface area contributed by atoms with Crippen LogP contribution in [0.2, 0.25) is 0 Å². The standard InChI is InChI=1S/C53H86O12S/c1-3-5-7-9-11-13-15-17-19-20-21-22-23-24-25-26-27-29-31-33-35-37-39-41-43-61-45-47(46-62-53-51(57)52(65-66(58,59)60)50(56)48(44-54)64-53)63-49(55)42-40-38-36-34-32-30-28-18-16-14-12-10-8-6-4-2/h5,7,11-14,17-19,21-22,24-25,27-29,33,35,47-48,50-54,56-57H,3-4,6,8-10,15-16,20,23,26,30-32,34,36-46H2,1-2H3,(H,58,59,60)/b7-5-,13-11-,14-12-,19-17-,22-21-,25-24-,28-18-,29-27-,35-33-. The Bertz CT molecular complexity index is 1560. The summed E-state index contributed by atoms with van der Waals surface area (Å²) in [5, 5.41) is 30.7. The lowest BCUT2D eigenvalue weighted by molar-refractivity contribution is -0.301. The van der Waals surface area contributed by atoms with Gasteiger partial charge in [-0.05, 0) is 103 Å². The summed E-state index contributed by atoms with van der Waals surface area (Å²) in [6, 6.07) is 0. The number of esters is 1. The van der Waals surface area contributed by atoms with Crippen LogP contribution in [-0.2, 0) is 38.3 Å². The zero-order valence-corrected chi connectivity index (χ0v) is 41.0. The van der Waals surface area contributed by atoms with E-state index in [0.717, 1.165) is 109 Å². The van der Waals surface area contributed by atoms with Crippen molar-refractivity contribution in [2.75, 3.05) is 26.4 Å². The predicted octanol–water partition coefficient (Wildman–Crippen LogP) is 11.2. The van der Waals surface area contributed by atoms with Gasteiger partial charge in [-0.3, -0.25) is 9.35 Å². The number of allylic oxidation sites excluding steroid dienone is 18. The first kappa shape index (κ1) is 60.8. The average molecular weight is 947 g/mol. The van der Waals surface area contributed by atoms with Gasteiger partial charge in [0.15, 0.2) is 6.29 Å².